The minimum atomic E-state index is -0.242. The zero-order valence-electron chi connectivity index (χ0n) is 10.4. The minimum Gasteiger partial charge on any atom is -0.267 e. The van der Waals surface area contributed by atoms with Gasteiger partial charge in [-0.05, 0) is 42.5 Å². The van der Waals surface area contributed by atoms with Crippen molar-refractivity contribution < 1.29 is 4.39 Å². The first-order valence-electron chi connectivity index (χ1n) is 5.94. The lowest BCUT2D eigenvalue weighted by Crippen LogP contribution is -1.93. The summed E-state index contributed by atoms with van der Waals surface area (Å²) < 4.78 is 14.7. The highest BCUT2D eigenvalue weighted by Crippen LogP contribution is 2.25. The first-order chi connectivity index (χ1) is 9.24. The van der Waals surface area contributed by atoms with Crippen molar-refractivity contribution in [2.75, 3.05) is 0 Å². The molecule has 0 spiro atoms. The van der Waals surface area contributed by atoms with Crippen LogP contribution in [-0.2, 0) is 7.05 Å². The zero-order chi connectivity index (χ0) is 13.2. The first-order valence-corrected chi connectivity index (χ1v) is 5.94. The van der Waals surface area contributed by atoms with E-state index in [0.717, 1.165) is 22.5 Å². The molecule has 94 valence electrons. The number of hydrogen-bond acceptors (Lipinski definition) is 2. The van der Waals surface area contributed by atoms with Crippen molar-refractivity contribution in [1.82, 2.24) is 14.8 Å². The Morgan fingerprint density at radius 3 is 2.32 bits per heavy atom. The van der Waals surface area contributed by atoms with Crippen LogP contribution in [0.2, 0.25) is 0 Å². The van der Waals surface area contributed by atoms with Crippen LogP contribution in [0.3, 0.4) is 0 Å². The Hall–Kier alpha value is -2.49. The lowest BCUT2D eigenvalue weighted by Gasteiger charge is -1.99. The maximum Gasteiger partial charge on any atom is 0.123 e. The molecule has 0 amide bonds. The number of rotatable bonds is 2. The number of halogens is 1. The Kier molecular flexibility index (Phi) is 2.83. The smallest absolute Gasteiger partial charge is 0.123 e. The third-order valence-corrected chi connectivity index (χ3v) is 3.00. The number of aromatic nitrogens is 3. The molecule has 3 rings (SSSR count). The number of benzene rings is 1. The van der Waals surface area contributed by atoms with E-state index in [2.05, 4.69) is 10.1 Å². The van der Waals surface area contributed by atoms with Crippen molar-refractivity contribution in [2.45, 2.75) is 0 Å². The maximum atomic E-state index is 12.9. The predicted octanol–water partition coefficient (Wildman–Crippen LogP) is 3.29. The highest BCUT2D eigenvalue weighted by molar-refractivity contribution is 5.68. The van der Waals surface area contributed by atoms with E-state index in [9.17, 15) is 4.39 Å². The maximum absolute atomic E-state index is 12.9. The molecule has 0 aliphatic carbocycles. The molecule has 0 aliphatic rings. The van der Waals surface area contributed by atoms with Gasteiger partial charge in [-0.3, -0.25) is 9.67 Å². The summed E-state index contributed by atoms with van der Waals surface area (Å²) in [7, 11) is 1.89. The molecular weight excluding hydrogens is 241 g/mol. The predicted molar refractivity (Wildman–Crippen MR) is 71.8 cm³/mol. The number of nitrogens with zero attached hydrogens (tertiary/aromatic N) is 3. The second-order valence-electron chi connectivity index (χ2n) is 4.28. The largest absolute Gasteiger partial charge is 0.267 e. The summed E-state index contributed by atoms with van der Waals surface area (Å²) in [6.07, 6.45) is 3.50. The van der Waals surface area contributed by atoms with E-state index < -0.39 is 0 Å². The van der Waals surface area contributed by atoms with Crippen molar-refractivity contribution in [3.05, 3.63) is 60.7 Å². The molecule has 0 N–H and O–H groups in total. The topological polar surface area (TPSA) is 30.7 Å². The van der Waals surface area contributed by atoms with Crippen LogP contribution in [-0.4, -0.2) is 14.8 Å². The third kappa shape index (κ3) is 2.25. The van der Waals surface area contributed by atoms with Crippen LogP contribution in [0.4, 0.5) is 4.39 Å². The molecule has 0 fully saturated rings. The van der Waals surface area contributed by atoms with Crippen LogP contribution in [0.15, 0.2) is 54.9 Å². The third-order valence-electron chi connectivity index (χ3n) is 3.00. The average Bonchev–Trinajstić information content (AvgIpc) is 2.83. The molecule has 0 aliphatic heterocycles. The van der Waals surface area contributed by atoms with Gasteiger partial charge in [-0.2, -0.15) is 5.10 Å². The molecule has 2 aromatic heterocycles. The Balaban J connectivity index is 2.04. The number of pyridine rings is 1. The second-order valence-corrected chi connectivity index (χ2v) is 4.28. The number of hydrogen-bond donors (Lipinski definition) is 0. The van der Waals surface area contributed by atoms with E-state index in [1.165, 1.54) is 12.1 Å². The second kappa shape index (κ2) is 4.65. The molecule has 3 aromatic rings. The van der Waals surface area contributed by atoms with Gasteiger partial charge < -0.3 is 0 Å². The zero-order valence-corrected chi connectivity index (χ0v) is 10.4. The van der Waals surface area contributed by atoms with Crippen molar-refractivity contribution in [2.24, 2.45) is 7.05 Å². The molecule has 0 unspecified atom stereocenters. The summed E-state index contributed by atoms with van der Waals surface area (Å²) in [6.45, 7) is 0. The van der Waals surface area contributed by atoms with Crippen molar-refractivity contribution in [3.8, 4) is 22.5 Å². The van der Waals surface area contributed by atoms with Gasteiger partial charge in [0.05, 0.1) is 11.4 Å². The SMILES string of the molecule is Cn1nc(-c2ccc(F)cc2)cc1-c1ccncc1. The van der Waals surface area contributed by atoms with Crippen LogP contribution >= 0.6 is 0 Å². The van der Waals surface area contributed by atoms with Gasteiger partial charge in [-0.15, -0.1) is 0 Å². The molecule has 19 heavy (non-hydrogen) atoms. The summed E-state index contributed by atoms with van der Waals surface area (Å²) in [5, 5.41) is 4.46. The molecule has 0 atom stereocenters. The average molecular weight is 253 g/mol. The lowest BCUT2D eigenvalue weighted by molar-refractivity contribution is 0.628. The van der Waals surface area contributed by atoms with Crippen molar-refractivity contribution >= 4 is 0 Å². The summed E-state index contributed by atoms with van der Waals surface area (Å²) in [5.41, 5.74) is 3.78. The molecule has 3 nitrogen and oxygen atoms in total. The summed E-state index contributed by atoms with van der Waals surface area (Å²) in [5.74, 6) is -0.242. The van der Waals surface area contributed by atoms with Gasteiger partial charge in [0.15, 0.2) is 0 Å². The van der Waals surface area contributed by atoms with E-state index in [1.54, 1.807) is 24.5 Å². The highest BCUT2D eigenvalue weighted by atomic mass is 19.1. The van der Waals surface area contributed by atoms with Gasteiger partial charge in [0.25, 0.3) is 0 Å². The van der Waals surface area contributed by atoms with E-state index in [1.807, 2.05) is 29.9 Å². The van der Waals surface area contributed by atoms with Crippen LogP contribution in [0.25, 0.3) is 22.5 Å². The molecule has 2 heterocycles. The molecule has 0 saturated carbocycles. The van der Waals surface area contributed by atoms with Gasteiger partial charge >= 0.3 is 0 Å². The molecule has 0 radical (unpaired) electrons. The number of aryl methyl sites for hydroxylation is 1. The first kappa shape index (κ1) is 11.6. The van der Waals surface area contributed by atoms with Gasteiger partial charge in [0.2, 0.25) is 0 Å². The highest BCUT2D eigenvalue weighted by Gasteiger charge is 2.08. The molecule has 4 heteroatoms. The normalized spacial score (nSPS) is 10.6. The van der Waals surface area contributed by atoms with Crippen LogP contribution in [0, 0.1) is 5.82 Å². The lowest BCUT2D eigenvalue weighted by atomic mass is 10.1. The van der Waals surface area contributed by atoms with Gasteiger partial charge in [0, 0.05) is 30.6 Å². The van der Waals surface area contributed by atoms with E-state index in [-0.39, 0.29) is 5.82 Å². The fourth-order valence-corrected chi connectivity index (χ4v) is 2.02. The summed E-state index contributed by atoms with van der Waals surface area (Å²) in [6, 6.07) is 12.2. The Morgan fingerprint density at radius 1 is 0.947 bits per heavy atom. The fourth-order valence-electron chi connectivity index (χ4n) is 2.02. The Labute approximate surface area is 110 Å². The molecule has 0 bridgehead atoms. The van der Waals surface area contributed by atoms with Crippen LogP contribution < -0.4 is 0 Å². The minimum absolute atomic E-state index is 0.242. The molecular formula is C15H12FN3. The van der Waals surface area contributed by atoms with Crippen molar-refractivity contribution in [1.29, 1.82) is 0 Å². The van der Waals surface area contributed by atoms with Gasteiger partial charge in [0.1, 0.15) is 5.82 Å². The van der Waals surface area contributed by atoms with E-state index in [0.29, 0.717) is 0 Å². The Bertz CT molecular complexity index is 687. The molecule has 0 saturated heterocycles. The van der Waals surface area contributed by atoms with E-state index in [4.69, 9.17) is 0 Å². The summed E-state index contributed by atoms with van der Waals surface area (Å²) >= 11 is 0. The van der Waals surface area contributed by atoms with E-state index >= 15 is 0 Å². The summed E-state index contributed by atoms with van der Waals surface area (Å²) in [4.78, 5) is 4.00. The fraction of sp³-hybridized carbons (Fsp3) is 0.0667. The van der Waals surface area contributed by atoms with Crippen LogP contribution in [0.1, 0.15) is 0 Å². The van der Waals surface area contributed by atoms with Crippen molar-refractivity contribution in [3.63, 3.8) is 0 Å². The Morgan fingerprint density at radius 2 is 1.63 bits per heavy atom. The quantitative estimate of drug-likeness (QED) is 0.701. The molecule has 1 aromatic carbocycles. The monoisotopic (exact) mass is 253 g/mol. The van der Waals surface area contributed by atoms with Gasteiger partial charge in [-0.1, -0.05) is 0 Å². The van der Waals surface area contributed by atoms with Gasteiger partial charge in [-0.25, -0.2) is 4.39 Å². The standard InChI is InChI=1S/C15H12FN3/c1-19-15(12-6-8-17-9-7-12)10-14(18-19)11-2-4-13(16)5-3-11/h2-10H,1H3. The van der Waals surface area contributed by atoms with Crippen LogP contribution in [0.5, 0.6) is 0 Å².